The Morgan fingerprint density at radius 1 is 1.43 bits per heavy atom. The summed E-state index contributed by atoms with van der Waals surface area (Å²) in [6.07, 6.45) is -2.41. The molecule has 6 heteroatoms. The molecular formula is C8H9ClF3NS. The van der Waals surface area contributed by atoms with Gasteiger partial charge in [-0.05, 0) is 12.8 Å². The molecule has 0 saturated heterocycles. The molecule has 0 aromatic carbocycles. The highest BCUT2D eigenvalue weighted by Gasteiger charge is 2.36. The Morgan fingerprint density at radius 3 is 2.57 bits per heavy atom. The molecule has 0 aliphatic carbocycles. The van der Waals surface area contributed by atoms with E-state index >= 15 is 0 Å². The van der Waals surface area contributed by atoms with Crippen LogP contribution in [0.4, 0.5) is 13.2 Å². The molecule has 1 aromatic heterocycles. The van der Waals surface area contributed by atoms with Crippen molar-refractivity contribution in [2.45, 2.75) is 32.4 Å². The maximum absolute atomic E-state index is 12.4. The van der Waals surface area contributed by atoms with E-state index in [1.54, 1.807) is 0 Å². The van der Waals surface area contributed by atoms with Crippen molar-refractivity contribution in [3.63, 3.8) is 0 Å². The maximum atomic E-state index is 12.4. The molecule has 0 aliphatic heterocycles. The van der Waals surface area contributed by atoms with Gasteiger partial charge in [0.1, 0.15) is 0 Å². The first-order valence-corrected chi connectivity index (χ1v) is 5.37. The van der Waals surface area contributed by atoms with Gasteiger partial charge in [0.25, 0.3) is 0 Å². The van der Waals surface area contributed by atoms with Crippen LogP contribution in [-0.2, 0) is 12.6 Å². The topological polar surface area (TPSA) is 12.9 Å². The number of aromatic nitrogens is 1. The van der Waals surface area contributed by atoms with Crippen LogP contribution in [0.1, 0.15) is 30.3 Å². The Balaban J connectivity index is 2.91. The summed E-state index contributed by atoms with van der Waals surface area (Å²) in [6, 6.07) is 0. The van der Waals surface area contributed by atoms with E-state index in [4.69, 9.17) is 11.6 Å². The second-order valence-electron chi connectivity index (χ2n) is 2.84. The second-order valence-corrected chi connectivity index (χ2v) is 4.51. The van der Waals surface area contributed by atoms with Crippen molar-refractivity contribution in [2.75, 3.05) is 0 Å². The van der Waals surface area contributed by atoms with Crippen molar-refractivity contribution in [1.29, 1.82) is 0 Å². The number of hydrogen-bond acceptors (Lipinski definition) is 2. The Bertz CT molecular complexity index is 308. The van der Waals surface area contributed by atoms with Crippen molar-refractivity contribution < 1.29 is 13.2 Å². The third-order valence-corrected chi connectivity index (χ3v) is 2.92. The number of unbranched alkanes of at least 4 members (excludes halogenated alkanes) is 1. The van der Waals surface area contributed by atoms with E-state index in [-0.39, 0.29) is 9.34 Å². The van der Waals surface area contributed by atoms with Gasteiger partial charge in [-0.3, -0.25) is 0 Å². The van der Waals surface area contributed by atoms with Crippen LogP contribution < -0.4 is 0 Å². The minimum atomic E-state index is -4.38. The standard InChI is InChI=1S/C8H9ClF3NS/c1-2-3-4-5-6(8(10,11)12)13-7(9)14-5/h2-4H2,1H3. The monoisotopic (exact) mass is 243 g/mol. The van der Waals surface area contributed by atoms with Gasteiger partial charge in [-0.25, -0.2) is 4.98 Å². The largest absolute Gasteiger partial charge is 0.434 e. The summed E-state index contributed by atoms with van der Waals surface area (Å²) >= 11 is 6.37. The number of aryl methyl sites for hydroxylation is 1. The lowest BCUT2D eigenvalue weighted by Gasteiger charge is -2.04. The van der Waals surface area contributed by atoms with Crippen molar-refractivity contribution >= 4 is 22.9 Å². The van der Waals surface area contributed by atoms with E-state index in [1.807, 2.05) is 6.92 Å². The highest BCUT2D eigenvalue weighted by molar-refractivity contribution is 7.15. The van der Waals surface area contributed by atoms with E-state index in [2.05, 4.69) is 4.98 Å². The van der Waals surface area contributed by atoms with E-state index in [0.717, 1.165) is 24.2 Å². The number of nitrogens with zero attached hydrogens (tertiary/aromatic N) is 1. The van der Waals surface area contributed by atoms with Gasteiger partial charge in [-0.15, -0.1) is 11.3 Å². The molecule has 0 aliphatic rings. The van der Waals surface area contributed by atoms with E-state index < -0.39 is 11.9 Å². The molecule has 0 atom stereocenters. The average molecular weight is 244 g/mol. The molecule has 1 heterocycles. The lowest BCUT2D eigenvalue weighted by molar-refractivity contribution is -0.141. The maximum Gasteiger partial charge on any atom is 0.434 e. The number of rotatable bonds is 3. The van der Waals surface area contributed by atoms with Crippen LogP contribution in [0.15, 0.2) is 0 Å². The van der Waals surface area contributed by atoms with Crippen LogP contribution in [-0.4, -0.2) is 4.98 Å². The molecule has 0 N–H and O–H groups in total. The van der Waals surface area contributed by atoms with Crippen molar-refractivity contribution in [1.82, 2.24) is 4.98 Å². The molecule has 0 unspecified atom stereocenters. The zero-order chi connectivity index (χ0) is 10.8. The van der Waals surface area contributed by atoms with E-state index in [0.29, 0.717) is 6.42 Å². The smallest absolute Gasteiger partial charge is 0.220 e. The fraction of sp³-hybridized carbons (Fsp3) is 0.625. The summed E-state index contributed by atoms with van der Waals surface area (Å²) < 4.78 is 37.1. The Hall–Kier alpha value is -0.290. The molecule has 0 spiro atoms. The van der Waals surface area contributed by atoms with Gasteiger partial charge in [-0.1, -0.05) is 24.9 Å². The lowest BCUT2D eigenvalue weighted by Crippen LogP contribution is -2.08. The van der Waals surface area contributed by atoms with Crippen LogP contribution in [0.5, 0.6) is 0 Å². The quantitative estimate of drug-likeness (QED) is 0.777. The zero-order valence-electron chi connectivity index (χ0n) is 7.49. The highest BCUT2D eigenvalue weighted by Crippen LogP contribution is 2.36. The van der Waals surface area contributed by atoms with Crippen LogP contribution >= 0.6 is 22.9 Å². The van der Waals surface area contributed by atoms with Gasteiger partial charge in [0, 0.05) is 4.88 Å². The fourth-order valence-electron chi connectivity index (χ4n) is 1.05. The summed E-state index contributed by atoms with van der Waals surface area (Å²) in [4.78, 5) is 3.53. The SMILES string of the molecule is CCCCc1sc(Cl)nc1C(F)(F)F. The fourth-order valence-corrected chi connectivity index (χ4v) is 2.26. The molecule has 0 amide bonds. The van der Waals surface area contributed by atoms with Gasteiger partial charge < -0.3 is 0 Å². The number of hydrogen-bond donors (Lipinski definition) is 0. The third-order valence-electron chi connectivity index (χ3n) is 1.70. The molecule has 1 nitrogen and oxygen atoms in total. The number of thiazole rings is 1. The van der Waals surface area contributed by atoms with Gasteiger partial charge in [0.05, 0.1) is 0 Å². The predicted octanol–water partition coefficient (Wildman–Crippen LogP) is 4.16. The van der Waals surface area contributed by atoms with Gasteiger partial charge in [0.15, 0.2) is 10.2 Å². The summed E-state index contributed by atoms with van der Waals surface area (Å²) in [6.45, 7) is 1.93. The molecule has 1 rings (SSSR count). The molecule has 1 aromatic rings. The van der Waals surface area contributed by atoms with Crippen LogP contribution in [0, 0.1) is 0 Å². The van der Waals surface area contributed by atoms with Crippen LogP contribution in [0.3, 0.4) is 0 Å². The summed E-state index contributed by atoms with van der Waals surface area (Å²) in [5, 5.41) is 0. The minimum Gasteiger partial charge on any atom is -0.220 e. The van der Waals surface area contributed by atoms with E-state index in [1.165, 1.54) is 0 Å². The van der Waals surface area contributed by atoms with Crippen molar-refractivity contribution in [3.05, 3.63) is 15.0 Å². The molecular weight excluding hydrogens is 235 g/mol. The second kappa shape index (κ2) is 4.49. The minimum absolute atomic E-state index is 0.0385. The molecule has 0 saturated carbocycles. The first-order valence-electron chi connectivity index (χ1n) is 4.17. The number of halogens is 4. The summed E-state index contributed by atoms with van der Waals surface area (Å²) in [5.74, 6) is 0. The normalized spacial score (nSPS) is 12.1. The molecule has 0 radical (unpaired) electrons. The summed E-state index contributed by atoms with van der Waals surface area (Å²) in [7, 11) is 0. The molecule has 80 valence electrons. The lowest BCUT2D eigenvalue weighted by atomic mass is 10.2. The third kappa shape index (κ3) is 2.85. The molecule has 0 fully saturated rings. The first-order chi connectivity index (χ1) is 6.45. The van der Waals surface area contributed by atoms with Gasteiger partial charge in [-0.2, -0.15) is 13.2 Å². The highest BCUT2D eigenvalue weighted by atomic mass is 35.5. The molecule has 14 heavy (non-hydrogen) atoms. The Labute approximate surface area is 88.9 Å². The Morgan fingerprint density at radius 2 is 2.07 bits per heavy atom. The predicted molar refractivity (Wildman–Crippen MR) is 50.7 cm³/mol. The summed E-state index contributed by atoms with van der Waals surface area (Å²) in [5.41, 5.74) is -0.819. The first kappa shape index (κ1) is 11.8. The average Bonchev–Trinajstić information content (AvgIpc) is 2.42. The van der Waals surface area contributed by atoms with E-state index in [9.17, 15) is 13.2 Å². The zero-order valence-corrected chi connectivity index (χ0v) is 9.06. The van der Waals surface area contributed by atoms with Gasteiger partial charge in [0.2, 0.25) is 0 Å². The van der Waals surface area contributed by atoms with Crippen molar-refractivity contribution in [2.24, 2.45) is 0 Å². The number of alkyl halides is 3. The van der Waals surface area contributed by atoms with Crippen LogP contribution in [0.2, 0.25) is 4.47 Å². The Kier molecular flexibility index (Phi) is 3.78. The van der Waals surface area contributed by atoms with Crippen molar-refractivity contribution in [3.8, 4) is 0 Å². The molecule has 0 bridgehead atoms. The van der Waals surface area contributed by atoms with Crippen LogP contribution in [0.25, 0.3) is 0 Å². The van der Waals surface area contributed by atoms with Gasteiger partial charge >= 0.3 is 6.18 Å².